The molecule has 0 saturated heterocycles. The summed E-state index contributed by atoms with van der Waals surface area (Å²) in [6, 6.07) is 29.0. The number of fused-ring (bicyclic) bond motifs is 9. The summed E-state index contributed by atoms with van der Waals surface area (Å²) in [4.78, 5) is 4.54. The van der Waals surface area contributed by atoms with Crippen LogP contribution < -0.4 is 5.19 Å². The summed E-state index contributed by atoms with van der Waals surface area (Å²) < 4.78 is 9.24. The number of hydrogen-bond acceptors (Lipinski definition) is 2. The Hall–Kier alpha value is -4.15. The van der Waals surface area contributed by atoms with Gasteiger partial charge in [0.2, 0.25) is 0 Å². The van der Waals surface area contributed by atoms with Gasteiger partial charge < -0.3 is 8.98 Å². The van der Waals surface area contributed by atoms with Gasteiger partial charge in [0.05, 0.1) is 24.8 Å². The molecule has 0 unspecified atom stereocenters. The highest BCUT2D eigenvalue weighted by Crippen LogP contribution is 2.51. The number of pyridine rings is 1. The van der Waals surface area contributed by atoms with Gasteiger partial charge in [-0.2, -0.15) is 0 Å². The van der Waals surface area contributed by atoms with Gasteiger partial charge in [0.15, 0.2) is 5.58 Å². The van der Waals surface area contributed by atoms with Crippen LogP contribution in [0.1, 0.15) is 25.0 Å². The second-order valence-corrected chi connectivity index (χ2v) is 17.5. The van der Waals surface area contributed by atoms with Gasteiger partial charge in [0, 0.05) is 39.4 Å². The summed E-state index contributed by atoms with van der Waals surface area (Å²) in [6.45, 7) is 11.8. The van der Waals surface area contributed by atoms with Crippen LogP contribution in [0.5, 0.6) is 0 Å². The van der Waals surface area contributed by atoms with Crippen LogP contribution in [0.25, 0.3) is 60.6 Å². The van der Waals surface area contributed by atoms with Crippen LogP contribution in [0.3, 0.4) is 0 Å². The largest absolute Gasteiger partial charge is 0.454 e. The fraction of sp³-hybridized carbons (Fsp3) is 0.171. The molecule has 0 atom stereocenters. The van der Waals surface area contributed by atoms with E-state index in [1.807, 2.05) is 12.4 Å². The number of nitrogens with zero attached hydrogens (tertiary/aromatic N) is 2. The molecule has 7 aromatic rings. The fourth-order valence-electron chi connectivity index (χ4n) is 6.89. The number of furan rings is 1. The van der Waals surface area contributed by atoms with Gasteiger partial charge in [0.1, 0.15) is 5.58 Å². The highest BCUT2D eigenvalue weighted by atomic mass is 28.3. The molecule has 3 aromatic heterocycles. The predicted molar refractivity (Wildman–Crippen MR) is 166 cm³/mol. The lowest BCUT2D eigenvalue weighted by Crippen LogP contribution is -2.37. The van der Waals surface area contributed by atoms with Crippen molar-refractivity contribution in [2.75, 3.05) is 0 Å². The van der Waals surface area contributed by atoms with E-state index in [0.29, 0.717) is 0 Å². The Kier molecular flexibility index (Phi) is 4.38. The summed E-state index contributed by atoms with van der Waals surface area (Å²) in [5.41, 5.74) is 10.7. The maximum Gasteiger partial charge on any atom is 0.159 e. The van der Waals surface area contributed by atoms with Crippen molar-refractivity contribution in [1.29, 1.82) is 0 Å². The minimum atomic E-state index is -1.60. The lowest BCUT2D eigenvalue weighted by molar-refractivity contribution is 0.661. The molecule has 0 aliphatic heterocycles. The molecular weight excluding hydrogens is 492 g/mol. The zero-order chi connectivity index (χ0) is 26.7. The normalized spacial score (nSPS) is 14.5. The molecule has 4 aromatic carbocycles. The van der Waals surface area contributed by atoms with Crippen LogP contribution in [-0.4, -0.2) is 17.6 Å². The van der Waals surface area contributed by atoms with Crippen LogP contribution in [-0.2, 0) is 5.41 Å². The molecule has 0 amide bonds. The molecule has 3 nitrogen and oxygen atoms in total. The Balaban J connectivity index is 1.51. The molecule has 0 radical (unpaired) electrons. The lowest BCUT2D eigenvalue weighted by Gasteiger charge is -2.21. The Bertz CT molecular complexity index is 2140. The van der Waals surface area contributed by atoms with E-state index in [1.54, 1.807) is 0 Å². The van der Waals surface area contributed by atoms with Gasteiger partial charge in [-0.3, -0.25) is 4.98 Å². The van der Waals surface area contributed by atoms with Crippen LogP contribution >= 0.6 is 0 Å². The van der Waals surface area contributed by atoms with Crippen LogP contribution in [0, 0.1) is 0 Å². The summed E-state index contributed by atoms with van der Waals surface area (Å²) in [7, 11) is -1.60. The van der Waals surface area contributed by atoms with E-state index >= 15 is 0 Å². The third-order valence-corrected chi connectivity index (χ3v) is 10.8. The molecule has 1 aliphatic rings. The minimum Gasteiger partial charge on any atom is -0.454 e. The average molecular weight is 523 g/mol. The third kappa shape index (κ3) is 2.95. The summed E-state index contributed by atoms with van der Waals surface area (Å²) in [5, 5.41) is 6.12. The van der Waals surface area contributed by atoms with Gasteiger partial charge in [0.25, 0.3) is 0 Å². The molecule has 0 saturated carbocycles. The van der Waals surface area contributed by atoms with E-state index in [2.05, 4.69) is 122 Å². The van der Waals surface area contributed by atoms with Crippen LogP contribution in [0.15, 0.2) is 95.7 Å². The molecule has 39 heavy (non-hydrogen) atoms. The van der Waals surface area contributed by atoms with Crippen molar-refractivity contribution in [2.24, 2.45) is 0 Å². The smallest absolute Gasteiger partial charge is 0.159 e. The predicted octanol–water partition coefficient (Wildman–Crippen LogP) is 8.93. The van der Waals surface area contributed by atoms with Gasteiger partial charge in [-0.15, -0.1) is 0 Å². The molecular formula is C35H30N2OSi. The Morgan fingerprint density at radius 3 is 2.28 bits per heavy atom. The standard InChI is InChI=1S/C35H30N2OSi/c1-35(2)27-13-7-6-10-21(27)24-18-25-26-20-36-17-16-29(26)37(31(25)19-28(24)35)30-14-8-11-22-23-12-9-15-32(39(3,4)5)34(23)38-33(22)30/h6-20H,1-5H3. The first-order chi connectivity index (χ1) is 18.7. The monoisotopic (exact) mass is 522 g/mol. The van der Waals surface area contributed by atoms with Crippen molar-refractivity contribution in [3.63, 3.8) is 0 Å². The topological polar surface area (TPSA) is 31.0 Å². The van der Waals surface area contributed by atoms with Crippen LogP contribution in [0.4, 0.5) is 0 Å². The van der Waals surface area contributed by atoms with Crippen molar-refractivity contribution in [2.45, 2.75) is 38.9 Å². The first-order valence-corrected chi connectivity index (χ1v) is 17.2. The number of aromatic nitrogens is 2. The van der Waals surface area contributed by atoms with E-state index in [-0.39, 0.29) is 5.41 Å². The molecule has 4 heteroatoms. The van der Waals surface area contributed by atoms with Crippen molar-refractivity contribution in [3.8, 4) is 16.8 Å². The SMILES string of the molecule is CC1(C)c2ccccc2-c2cc3c4cnccc4n(-c4cccc5c4oc4c([Si](C)(C)C)cccc45)c3cc21. The molecule has 190 valence electrons. The summed E-state index contributed by atoms with van der Waals surface area (Å²) in [6.07, 6.45) is 3.90. The van der Waals surface area contributed by atoms with E-state index in [0.717, 1.165) is 27.8 Å². The van der Waals surface area contributed by atoms with Crippen molar-refractivity contribution >= 4 is 57.0 Å². The first kappa shape index (κ1) is 22.8. The number of benzene rings is 4. The maximum absolute atomic E-state index is 6.85. The Morgan fingerprint density at radius 1 is 0.692 bits per heavy atom. The highest BCUT2D eigenvalue weighted by molar-refractivity contribution is 6.90. The summed E-state index contributed by atoms with van der Waals surface area (Å²) in [5.74, 6) is 0. The molecule has 3 heterocycles. The third-order valence-electron chi connectivity index (χ3n) is 8.82. The highest BCUT2D eigenvalue weighted by Gasteiger charge is 2.36. The maximum atomic E-state index is 6.85. The second kappa shape index (κ2) is 7.49. The van der Waals surface area contributed by atoms with E-state index in [1.165, 1.54) is 49.1 Å². The molecule has 0 fully saturated rings. The Morgan fingerprint density at radius 2 is 1.46 bits per heavy atom. The van der Waals surface area contributed by atoms with Gasteiger partial charge >= 0.3 is 0 Å². The summed E-state index contributed by atoms with van der Waals surface area (Å²) >= 11 is 0. The molecule has 1 aliphatic carbocycles. The molecule has 0 N–H and O–H groups in total. The fourth-order valence-corrected chi connectivity index (χ4v) is 8.35. The van der Waals surface area contributed by atoms with Gasteiger partial charge in [-0.1, -0.05) is 88.1 Å². The zero-order valence-corrected chi connectivity index (χ0v) is 24.0. The van der Waals surface area contributed by atoms with E-state index in [9.17, 15) is 0 Å². The lowest BCUT2D eigenvalue weighted by atomic mass is 9.82. The van der Waals surface area contributed by atoms with Crippen molar-refractivity contribution < 1.29 is 4.42 Å². The van der Waals surface area contributed by atoms with Crippen molar-refractivity contribution in [1.82, 2.24) is 9.55 Å². The van der Waals surface area contributed by atoms with E-state index < -0.39 is 8.07 Å². The second-order valence-electron chi connectivity index (χ2n) is 12.5. The van der Waals surface area contributed by atoms with E-state index in [4.69, 9.17) is 4.42 Å². The van der Waals surface area contributed by atoms with Crippen molar-refractivity contribution in [3.05, 3.63) is 102 Å². The number of hydrogen-bond donors (Lipinski definition) is 0. The van der Waals surface area contributed by atoms with Crippen LogP contribution in [0.2, 0.25) is 19.6 Å². The number of para-hydroxylation sites is 2. The zero-order valence-electron chi connectivity index (χ0n) is 23.0. The minimum absolute atomic E-state index is 0.0722. The average Bonchev–Trinajstić information content (AvgIpc) is 3.54. The van der Waals surface area contributed by atoms with Gasteiger partial charge in [-0.05, 0) is 51.7 Å². The number of rotatable bonds is 2. The molecule has 0 bridgehead atoms. The molecule has 0 spiro atoms. The quantitative estimate of drug-likeness (QED) is 0.212. The Labute approximate surface area is 228 Å². The van der Waals surface area contributed by atoms with Gasteiger partial charge in [-0.25, -0.2) is 0 Å². The molecule has 8 rings (SSSR count). The first-order valence-electron chi connectivity index (χ1n) is 13.7.